The lowest BCUT2D eigenvalue weighted by molar-refractivity contribution is -0.139. The molecule has 1 aliphatic rings. The average molecular weight is 457 g/mol. The SMILES string of the molecule is CC[C@@H](C(=O)NC1CCCC1)N(Cc1ccc(F)cc1)C(=O)CSCc1ccc(C)cc1. The molecule has 1 saturated carbocycles. The summed E-state index contributed by atoms with van der Waals surface area (Å²) in [5, 5.41) is 3.15. The summed E-state index contributed by atoms with van der Waals surface area (Å²) in [7, 11) is 0. The van der Waals surface area contributed by atoms with Crippen molar-refractivity contribution >= 4 is 23.6 Å². The van der Waals surface area contributed by atoms with E-state index in [4.69, 9.17) is 0 Å². The van der Waals surface area contributed by atoms with Crippen LogP contribution in [0.4, 0.5) is 4.39 Å². The molecule has 1 N–H and O–H groups in total. The Kier molecular flexibility index (Phi) is 9.15. The highest BCUT2D eigenvalue weighted by Gasteiger charge is 2.30. The summed E-state index contributed by atoms with van der Waals surface area (Å²) < 4.78 is 13.4. The summed E-state index contributed by atoms with van der Waals surface area (Å²) in [6, 6.07) is 14.1. The first kappa shape index (κ1) is 24.3. The molecule has 1 atom stereocenters. The van der Waals surface area contributed by atoms with Gasteiger partial charge >= 0.3 is 0 Å². The van der Waals surface area contributed by atoms with Gasteiger partial charge in [0.25, 0.3) is 0 Å². The van der Waals surface area contributed by atoms with Gasteiger partial charge < -0.3 is 10.2 Å². The molecule has 4 nitrogen and oxygen atoms in total. The van der Waals surface area contributed by atoms with Crippen molar-refractivity contribution in [1.82, 2.24) is 10.2 Å². The van der Waals surface area contributed by atoms with Crippen molar-refractivity contribution in [3.63, 3.8) is 0 Å². The second-order valence-corrected chi connectivity index (χ2v) is 9.53. The third-order valence-corrected chi connectivity index (χ3v) is 6.96. The number of hydrogen-bond acceptors (Lipinski definition) is 3. The van der Waals surface area contributed by atoms with Crippen LogP contribution in [0, 0.1) is 12.7 Å². The van der Waals surface area contributed by atoms with E-state index in [0.29, 0.717) is 18.7 Å². The average Bonchev–Trinajstić information content (AvgIpc) is 3.29. The quantitative estimate of drug-likeness (QED) is 0.532. The standard InChI is InChI=1S/C26H33FN2O2S/c1-3-24(26(31)28-23-6-4-5-7-23)29(16-20-12-14-22(27)15-13-20)25(30)18-32-17-21-10-8-19(2)9-11-21/h8-15,23-24H,3-7,16-18H2,1-2H3,(H,28,31)/t24-/m0/s1. The van der Waals surface area contributed by atoms with Gasteiger partial charge in [0.1, 0.15) is 11.9 Å². The fourth-order valence-corrected chi connectivity index (χ4v) is 4.97. The number of nitrogens with zero attached hydrogens (tertiary/aromatic N) is 1. The number of carbonyl (C=O) groups is 2. The molecule has 0 aromatic heterocycles. The molecular formula is C26H33FN2O2S. The third kappa shape index (κ3) is 7.09. The monoisotopic (exact) mass is 456 g/mol. The van der Waals surface area contributed by atoms with Crippen molar-refractivity contribution in [3.8, 4) is 0 Å². The predicted octanol–water partition coefficient (Wildman–Crippen LogP) is 5.23. The lowest BCUT2D eigenvalue weighted by atomic mass is 10.1. The molecule has 2 aromatic carbocycles. The summed E-state index contributed by atoms with van der Waals surface area (Å²) in [5.41, 5.74) is 3.19. The number of benzene rings is 2. The van der Waals surface area contributed by atoms with E-state index in [2.05, 4.69) is 36.5 Å². The van der Waals surface area contributed by atoms with E-state index in [1.807, 2.05) is 6.92 Å². The Balaban J connectivity index is 1.68. The Morgan fingerprint density at radius 1 is 1.06 bits per heavy atom. The summed E-state index contributed by atoms with van der Waals surface area (Å²) in [4.78, 5) is 28.0. The molecule has 2 aromatic rings. The van der Waals surface area contributed by atoms with Crippen LogP contribution in [-0.2, 0) is 21.9 Å². The highest BCUT2D eigenvalue weighted by molar-refractivity contribution is 7.99. The van der Waals surface area contributed by atoms with Crippen LogP contribution in [0.3, 0.4) is 0 Å². The maximum atomic E-state index is 13.4. The Hall–Kier alpha value is -2.34. The van der Waals surface area contributed by atoms with Crippen LogP contribution in [0.15, 0.2) is 48.5 Å². The van der Waals surface area contributed by atoms with E-state index >= 15 is 0 Å². The number of rotatable bonds is 10. The third-order valence-electron chi connectivity index (χ3n) is 5.97. The smallest absolute Gasteiger partial charge is 0.243 e. The zero-order valence-corrected chi connectivity index (χ0v) is 19.8. The zero-order valence-electron chi connectivity index (χ0n) is 19.0. The van der Waals surface area contributed by atoms with E-state index in [0.717, 1.165) is 37.0 Å². The molecule has 172 valence electrons. The maximum Gasteiger partial charge on any atom is 0.243 e. The van der Waals surface area contributed by atoms with Crippen molar-refractivity contribution < 1.29 is 14.0 Å². The van der Waals surface area contributed by atoms with Gasteiger partial charge in [0.05, 0.1) is 5.75 Å². The largest absolute Gasteiger partial charge is 0.352 e. The molecule has 0 aliphatic heterocycles. The molecule has 2 amide bonds. The summed E-state index contributed by atoms with van der Waals surface area (Å²) >= 11 is 1.55. The molecule has 6 heteroatoms. The topological polar surface area (TPSA) is 49.4 Å². The first-order chi connectivity index (χ1) is 15.5. The van der Waals surface area contributed by atoms with Gasteiger partial charge in [-0.25, -0.2) is 4.39 Å². The first-order valence-corrected chi connectivity index (χ1v) is 12.6. The fraction of sp³-hybridized carbons (Fsp3) is 0.462. The molecule has 0 saturated heterocycles. The number of amides is 2. The fourth-order valence-electron chi connectivity index (χ4n) is 4.10. The minimum absolute atomic E-state index is 0.0696. The van der Waals surface area contributed by atoms with E-state index in [9.17, 15) is 14.0 Å². The first-order valence-electron chi connectivity index (χ1n) is 11.4. The van der Waals surface area contributed by atoms with E-state index in [1.54, 1.807) is 28.8 Å². The molecule has 0 spiro atoms. The van der Waals surface area contributed by atoms with Crippen LogP contribution in [0.2, 0.25) is 0 Å². The van der Waals surface area contributed by atoms with Crippen molar-refractivity contribution in [2.45, 2.75) is 70.3 Å². The van der Waals surface area contributed by atoms with Crippen molar-refractivity contribution in [1.29, 1.82) is 0 Å². The molecule has 0 bridgehead atoms. The maximum absolute atomic E-state index is 13.4. The van der Waals surface area contributed by atoms with Gasteiger partial charge in [0.15, 0.2) is 0 Å². The second-order valence-electron chi connectivity index (χ2n) is 8.54. The minimum Gasteiger partial charge on any atom is -0.352 e. The second kappa shape index (κ2) is 12.0. The van der Waals surface area contributed by atoms with Gasteiger partial charge in [-0.2, -0.15) is 0 Å². The number of carbonyl (C=O) groups excluding carboxylic acids is 2. The minimum atomic E-state index is -0.534. The van der Waals surface area contributed by atoms with Crippen LogP contribution in [-0.4, -0.2) is 34.6 Å². The lowest BCUT2D eigenvalue weighted by Crippen LogP contribution is -2.51. The van der Waals surface area contributed by atoms with Crippen LogP contribution >= 0.6 is 11.8 Å². The van der Waals surface area contributed by atoms with Gasteiger partial charge in [-0.3, -0.25) is 9.59 Å². The van der Waals surface area contributed by atoms with Crippen LogP contribution in [0.25, 0.3) is 0 Å². The molecule has 32 heavy (non-hydrogen) atoms. The number of thioether (sulfide) groups is 1. The van der Waals surface area contributed by atoms with Crippen LogP contribution in [0.5, 0.6) is 0 Å². The zero-order chi connectivity index (χ0) is 22.9. The Morgan fingerprint density at radius 2 is 1.69 bits per heavy atom. The van der Waals surface area contributed by atoms with Gasteiger partial charge in [-0.05, 0) is 49.4 Å². The van der Waals surface area contributed by atoms with Crippen molar-refractivity contribution in [2.75, 3.05) is 5.75 Å². The molecule has 0 radical (unpaired) electrons. The van der Waals surface area contributed by atoms with Gasteiger partial charge in [0.2, 0.25) is 11.8 Å². The highest BCUT2D eigenvalue weighted by atomic mass is 32.2. The van der Waals surface area contributed by atoms with Gasteiger partial charge in [-0.15, -0.1) is 11.8 Å². The van der Waals surface area contributed by atoms with Crippen LogP contribution in [0.1, 0.15) is 55.7 Å². The van der Waals surface area contributed by atoms with Gasteiger partial charge in [-0.1, -0.05) is 61.7 Å². The van der Waals surface area contributed by atoms with Crippen molar-refractivity contribution in [2.24, 2.45) is 0 Å². The molecule has 1 aliphatic carbocycles. The highest BCUT2D eigenvalue weighted by Crippen LogP contribution is 2.21. The summed E-state index contributed by atoms with van der Waals surface area (Å²) in [6.07, 6.45) is 4.81. The predicted molar refractivity (Wildman–Crippen MR) is 129 cm³/mol. The molecular weight excluding hydrogens is 423 g/mol. The normalized spacial score (nSPS) is 14.8. The molecule has 0 unspecified atom stereocenters. The van der Waals surface area contributed by atoms with E-state index < -0.39 is 6.04 Å². The van der Waals surface area contributed by atoms with E-state index in [-0.39, 0.29) is 23.7 Å². The number of hydrogen-bond donors (Lipinski definition) is 1. The lowest BCUT2D eigenvalue weighted by Gasteiger charge is -2.31. The molecule has 0 heterocycles. The Morgan fingerprint density at radius 3 is 2.31 bits per heavy atom. The Bertz CT molecular complexity index is 880. The summed E-state index contributed by atoms with van der Waals surface area (Å²) in [6.45, 7) is 4.28. The number of nitrogens with one attached hydrogen (secondary N) is 1. The number of aryl methyl sites for hydroxylation is 1. The van der Waals surface area contributed by atoms with Crippen molar-refractivity contribution in [3.05, 3.63) is 71.0 Å². The number of halogens is 1. The summed E-state index contributed by atoms with van der Waals surface area (Å²) in [5.74, 6) is 0.563. The van der Waals surface area contributed by atoms with Crippen LogP contribution < -0.4 is 5.32 Å². The molecule has 1 fully saturated rings. The molecule has 3 rings (SSSR count). The van der Waals surface area contributed by atoms with E-state index in [1.165, 1.54) is 23.3 Å². The Labute approximate surface area is 195 Å². The van der Waals surface area contributed by atoms with Gasteiger partial charge in [0, 0.05) is 18.3 Å².